The summed E-state index contributed by atoms with van der Waals surface area (Å²) in [5.74, 6) is 1.79. The molecule has 0 saturated heterocycles. The number of rotatable bonds is 6. The predicted octanol–water partition coefficient (Wildman–Crippen LogP) is 12.7. The Bertz CT molecular complexity index is 3220. The highest BCUT2D eigenvalue weighted by atomic mass is 15.2. The quantitative estimate of drug-likeness (QED) is 0.172. The second-order valence-electron chi connectivity index (χ2n) is 14.0. The Labute approximate surface area is 323 Å². The smallest absolute Gasteiger partial charge is 0.238 e. The van der Waals surface area contributed by atoms with Gasteiger partial charge in [0.1, 0.15) is 0 Å². The van der Waals surface area contributed by atoms with E-state index in [0.29, 0.717) is 17.6 Å². The van der Waals surface area contributed by atoms with Crippen LogP contribution in [0.4, 0.5) is 0 Å². The molecule has 0 N–H and O–H groups in total. The largest absolute Gasteiger partial charge is 0.307 e. The first-order valence-electron chi connectivity index (χ1n) is 18.9. The highest BCUT2D eigenvalue weighted by Gasteiger charge is 2.24. The van der Waals surface area contributed by atoms with Crippen LogP contribution < -0.4 is 0 Å². The zero-order valence-corrected chi connectivity index (χ0v) is 30.3. The molecular formula is C51H33N5. The molecule has 8 aromatic carbocycles. The molecule has 56 heavy (non-hydrogen) atoms. The van der Waals surface area contributed by atoms with Crippen molar-refractivity contribution < 1.29 is 0 Å². The zero-order chi connectivity index (χ0) is 37.0. The average Bonchev–Trinajstić information content (AvgIpc) is 3.80. The van der Waals surface area contributed by atoms with Crippen LogP contribution in [-0.2, 0) is 0 Å². The minimum Gasteiger partial charge on any atom is -0.307 e. The molecule has 11 aromatic rings. The summed E-state index contributed by atoms with van der Waals surface area (Å²) >= 11 is 0. The van der Waals surface area contributed by atoms with Crippen LogP contribution in [0, 0.1) is 0 Å². The normalized spacial score (nSPS) is 11.6. The standard InChI is InChI=1S/C51H33N5/c1-4-16-34(17-5-1)35-28-30-38(31-29-35)50-52-49(37-20-8-3-9-21-37)53-51(54-50)56-46-27-15-12-24-41(46)43-33-32-42-40-23-11-14-26-45(40)55(47(42)48(43)56)44-25-13-10-22-39(44)36-18-6-2-7-19-36/h1-33H. The second kappa shape index (κ2) is 13.0. The van der Waals surface area contributed by atoms with Crippen molar-refractivity contribution in [3.8, 4) is 56.7 Å². The van der Waals surface area contributed by atoms with Gasteiger partial charge in [0.25, 0.3) is 0 Å². The van der Waals surface area contributed by atoms with E-state index in [4.69, 9.17) is 15.0 Å². The van der Waals surface area contributed by atoms with Gasteiger partial charge in [-0.05, 0) is 34.9 Å². The molecule has 0 atom stereocenters. The molecular weight excluding hydrogens is 683 g/mol. The molecule has 0 radical (unpaired) electrons. The van der Waals surface area contributed by atoms with Crippen molar-refractivity contribution in [2.75, 3.05) is 0 Å². The van der Waals surface area contributed by atoms with Crippen LogP contribution in [0.5, 0.6) is 0 Å². The summed E-state index contributed by atoms with van der Waals surface area (Å²) < 4.78 is 4.69. The monoisotopic (exact) mass is 715 g/mol. The molecule has 0 aliphatic rings. The molecule has 262 valence electrons. The lowest BCUT2D eigenvalue weighted by atomic mass is 10.0. The lowest BCUT2D eigenvalue weighted by Crippen LogP contribution is -2.07. The maximum absolute atomic E-state index is 5.33. The third-order valence-corrected chi connectivity index (χ3v) is 10.8. The number of benzene rings is 8. The number of hydrogen-bond acceptors (Lipinski definition) is 3. The molecule has 0 saturated carbocycles. The fourth-order valence-electron chi connectivity index (χ4n) is 8.24. The average molecular weight is 716 g/mol. The lowest BCUT2D eigenvalue weighted by molar-refractivity contribution is 0.953. The van der Waals surface area contributed by atoms with Gasteiger partial charge in [-0.1, -0.05) is 182 Å². The molecule has 0 aliphatic heterocycles. The Morgan fingerprint density at radius 3 is 1.34 bits per heavy atom. The first-order chi connectivity index (χ1) is 27.8. The van der Waals surface area contributed by atoms with Gasteiger partial charge in [-0.3, -0.25) is 4.57 Å². The van der Waals surface area contributed by atoms with E-state index >= 15 is 0 Å². The minimum atomic E-state index is 0.563. The topological polar surface area (TPSA) is 48.5 Å². The molecule has 0 bridgehead atoms. The van der Waals surface area contributed by atoms with Crippen molar-refractivity contribution >= 4 is 43.6 Å². The van der Waals surface area contributed by atoms with Crippen LogP contribution in [0.3, 0.4) is 0 Å². The fourth-order valence-corrected chi connectivity index (χ4v) is 8.24. The molecule has 5 nitrogen and oxygen atoms in total. The molecule has 0 amide bonds. The molecule has 0 aliphatic carbocycles. The zero-order valence-electron chi connectivity index (χ0n) is 30.3. The highest BCUT2D eigenvalue weighted by Crippen LogP contribution is 2.43. The predicted molar refractivity (Wildman–Crippen MR) is 230 cm³/mol. The molecule has 0 fully saturated rings. The van der Waals surface area contributed by atoms with E-state index in [-0.39, 0.29) is 0 Å². The number of aromatic nitrogens is 5. The van der Waals surface area contributed by atoms with E-state index in [2.05, 4.69) is 185 Å². The number of nitrogens with zero attached hydrogens (tertiary/aromatic N) is 5. The van der Waals surface area contributed by atoms with Gasteiger partial charge in [-0.25, -0.2) is 4.98 Å². The Morgan fingerprint density at radius 2 is 0.714 bits per heavy atom. The van der Waals surface area contributed by atoms with E-state index in [0.717, 1.165) is 71.7 Å². The van der Waals surface area contributed by atoms with Crippen molar-refractivity contribution in [3.05, 3.63) is 200 Å². The first kappa shape index (κ1) is 31.9. The van der Waals surface area contributed by atoms with Crippen LogP contribution in [0.15, 0.2) is 200 Å². The summed E-state index contributed by atoms with van der Waals surface area (Å²) in [5, 5.41) is 4.61. The number of para-hydroxylation sites is 3. The van der Waals surface area contributed by atoms with Crippen molar-refractivity contribution in [1.29, 1.82) is 0 Å². The lowest BCUT2D eigenvalue weighted by Gasteiger charge is -2.16. The number of fused-ring (bicyclic) bond motifs is 7. The third kappa shape index (κ3) is 5.13. The van der Waals surface area contributed by atoms with Crippen LogP contribution in [0.2, 0.25) is 0 Å². The van der Waals surface area contributed by atoms with Gasteiger partial charge in [-0.2, -0.15) is 9.97 Å². The van der Waals surface area contributed by atoms with Gasteiger partial charge in [0.15, 0.2) is 11.6 Å². The summed E-state index contributed by atoms with van der Waals surface area (Å²) in [7, 11) is 0. The van der Waals surface area contributed by atoms with Gasteiger partial charge >= 0.3 is 0 Å². The van der Waals surface area contributed by atoms with Crippen molar-refractivity contribution in [2.45, 2.75) is 0 Å². The maximum atomic E-state index is 5.33. The maximum Gasteiger partial charge on any atom is 0.238 e. The van der Waals surface area contributed by atoms with Crippen molar-refractivity contribution in [3.63, 3.8) is 0 Å². The molecule has 11 rings (SSSR count). The minimum absolute atomic E-state index is 0.563. The van der Waals surface area contributed by atoms with Crippen LogP contribution in [0.1, 0.15) is 0 Å². The Balaban J connectivity index is 1.24. The Kier molecular flexibility index (Phi) is 7.42. The number of hydrogen-bond donors (Lipinski definition) is 0. The van der Waals surface area contributed by atoms with E-state index in [9.17, 15) is 0 Å². The van der Waals surface area contributed by atoms with Crippen LogP contribution in [-0.4, -0.2) is 24.1 Å². The molecule has 0 unspecified atom stereocenters. The molecule has 3 aromatic heterocycles. The Morgan fingerprint density at radius 1 is 0.286 bits per heavy atom. The van der Waals surface area contributed by atoms with Crippen molar-refractivity contribution in [2.24, 2.45) is 0 Å². The summed E-state index contributed by atoms with van der Waals surface area (Å²) in [6, 6.07) is 70.3. The van der Waals surface area contributed by atoms with Gasteiger partial charge in [0.2, 0.25) is 5.95 Å². The van der Waals surface area contributed by atoms with Gasteiger partial charge in [0.05, 0.1) is 27.8 Å². The summed E-state index contributed by atoms with van der Waals surface area (Å²) in [5.41, 5.74) is 11.9. The SMILES string of the molecule is c1ccc(-c2ccc(-c3nc(-c4ccccc4)nc(-n4c5ccccc5c5ccc6c7ccccc7n(-c7ccccc7-c7ccccc7)c6c54)n3)cc2)cc1. The van der Waals surface area contributed by atoms with Crippen LogP contribution in [0.25, 0.3) is 100 Å². The van der Waals surface area contributed by atoms with Gasteiger partial charge in [-0.15, -0.1) is 0 Å². The van der Waals surface area contributed by atoms with Crippen molar-refractivity contribution in [1.82, 2.24) is 24.1 Å². The van der Waals surface area contributed by atoms with Gasteiger partial charge < -0.3 is 4.57 Å². The molecule has 0 spiro atoms. The summed E-state index contributed by atoms with van der Waals surface area (Å²) in [4.78, 5) is 15.7. The highest BCUT2D eigenvalue weighted by molar-refractivity contribution is 6.24. The van der Waals surface area contributed by atoms with E-state index < -0.39 is 0 Å². The van der Waals surface area contributed by atoms with Crippen LogP contribution >= 0.6 is 0 Å². The summed E-state index contributed by atoms with van der Waals surface area (Å²) in [6.45, 7) is 0. The first-order valence-corrected chi connectivity index (χ1v) is 18.9. The van der Waals surface area contributed by atoms with E-state index in [1.54, 1.807) is 0 Å². The second-order valence-corrected chi connectivity index (χ2v) is 14.0. The van der Waals surface area contributed by atoms with E-state index in [1.165, 1.54) is 10.9 Å². The third-order valence-electron chi connectivity index (χ3n) is 10.8. The molecule has 3 heterocycles. The summed E-state index contributed by atoms with van der Waals surface area (Å²) in [6.07, 6.45) is 0. The Hall–Kier alpha value is -7.63. The fraction of sp³-hybridized carbons (Fsp3) is 0. The van der Waals surface area contributed by atoms with E-state index in [1.807, 2.05) is 24.3 Å². The molecule has 5 heteroatoms. The van der Waals surface area contributed by atoms with Gasteiger partial charge in [0, 0.05) is 38.2 Å².